The summed E-state index contributed by atoms with van der Waals surface area (Å²) in [6.07, 6.45) is 0. The molecule has 0 aromatic heterocycles. The van der Waals surface area contributed by atoms with E-state index in [1.165, 1.54) is 0 Å². The highest BCUT2D eigenvalue weighted by molar-refractivity contribution is 5.78. The number of likely N-dealkylation sites (N-methyl/N-ethyl adjacent to an activating group) is 1. The van der Waals surface area contributed by atoms with Gasteiger partial charge in [0.2, 0.25) is 0 Å². The van der Waals surface area contributed by atoms with Gasteiger partial charge in [0.25, 0.3) is 0 Å². The van der Waals surface area contributed by atoms with Crippen molar-refractivity contribution < 1.29 is 14.7 Å². The summed E-state index contributed by atoms with van der Waals surface area (Å²) in [4.78, 5) is 25.4. The van der Waals surface area contributed by atoms with Crippen LogP contribution in [-0.4, -0.2) is 53.1 Å². The second-order valence-electron chi connectivity index (χ2n) is 3.89. The maximum Gasteiger partial charge on any atom is 0.320 e. The lowest BCUT2D eigenvalue weighted by Gasteiger charge is -2.17. The summed E-state index contributed by atoms with van der Waals surface area (Å²) in [6.45, 7) is 4.47. The fourth-order valence-corrected chi connectivity index (χ4v) is 1.49. The standard InChI is InChI=1S/C9H16N2O3/c1-6(8(12)13)4-11-5-7(2)10(3)9(11)14/h6-7H,4-5H2,1-3H3,(H,12,13). The van der Waals surface area contributed by atoms with Gasteiger partial charge in [-0.05, 0) is 6.92 Å². The smallest absolute Gasteiger partial charge is 0.320 e. The molecule has 0 aromatic rings. The van der Waals surface area contributed by atoms with Crippen LogP contribution in [0.4, 0.5) is 4.79 Å². The first kappa shape index (κ1) is 10.8. The summed E-state index contributed by atoms with van der Waals surface area (Å²) < 4.78 is 0. The molecule has 0 spiro atoms. The summed E-state index contributed by atoms with van der Waals surface area (Å²) in [5, 5.41) is 8.71. The van der Waals surface area contributed by atoms with Crippen molar-refractivity contribution in [2.75, 3.05) is 20.1 Å². The Labute approximate surface area is 83.3 Å². The van der Waals surface area contributed by atoms with Gasteiger partial charge >= 0.3 is 12.0 Å². The quantitative estimate of drug-likeness (QED) is 0.720. The van der Waals surface area contributed by atoms with Crippen molar-refractivity contribution in [3.8, 4) is 0 Å². The number of carbonyl (C=O) groups excluding carboxylic acids is 1. The van der Waals surface area contributed by atoms with E-state index in [-0.39, 0.29) is 12.1 Å². The zero-order valence-electron chi connectivity index (χ0n) is 8.73. The molecule has 1 aliphatic rings. The van der Waals surface area contributed by atoms with Crippen LogP contribution in [0.3, 0.4) is 0 Å². The molecule has 0 aromatic carbocycles. The summed E-state index contributed by atoms with van der Waals surface area (Å²) in [7, 11) is 1.73. The van der Waals surface area contributed by atoms with Crippen molar-refractivity contribution in [2.45, 2.75) is 19.9 Å². The molecule has 2 atom stereocenters. The highest BCUT2D eigenvalue weighted by Crippen LogP contribution is 2.14. The molecule has 14 heavy (non-hydrogen) atoms. The van der Waals surface area contributed by atoms with Crippen molar-refractivity contribution in [3.63, 3.8) is 0 Å². The molecule has 5 heteroatoms. The molecule has 0 aliphatic carbocycles. The van der Waals surface area contributed by atoms with Gasteiger partial charge in [-0.1, -0.05) is 6.92 Å². The van der Waals surface area contributed by atoms with Crippen LogP contribution in [-0.2, 0) is 4.79 Å². The molecule has 0 radical (unpaired) electrons. The Morgan fingerprint density at radius 3 is 2.64 bits per heavy atom. The van der Waals surface area contributed by atoms with Crippen LogP contribution in [0.25, 0.3) is 0 Å². The van der Waals surface area contributed by atoms with Gasteiger partial charge in [-0.3, -0.25) is 4.79 Å². The second kappa shape index (κ2) is 3.86. The maximum atomic E-state index is 11.5. The van der Waals surface area contributed by atoms with E-state index in [4.69, 9.17) is 5.11 Å². The van der Waals surface area contributed by atoms with Crippen LogP contribution >= 0.6 is 0 Å². The van der Waals surface area contributed by atoms with Crippen LogP contribution in [0.15, 0.2) is 0 Å². The van der Waals surface area contributed by atoms with E-state index in [9.17, 15) is 9.59 Å². The number of amides is 2. The zero-order chi connectivity index (χ0) is 10.9. The normalized spacial score (nSPS) is 24.2. The van der Waals surface area contributed by atoms with Crippen molar-refractivity contribution in [3.05, 3.63) is 0 Å². The Bertz CT molecular complexity index is 254. The Hall–Kier alpha value is -1.26. The monoisotopic (exact) mass is 200 g/mol. The van der Waals surface area contributed by atoms with E-state index < -0.39 is 11.9 Å². The fourth-order valence-electron chi connectivity index (χ4n) is 1.49. The molecular formula is C9H16N2O3. The van der Waals surface area contributed by atoms with Gasteiger partial charge < -0.3 is 14.9 Å². The van der Waals surface area contributed by atoms with Crippen LogP contribution in [0.5, 0.6) is 0 Å². The third-order valence-electron chi connectivity index (χ3n) is 2.63. The topological polar surface area (TPSA) is 60.9 Å². The predicted octanol–water partition coefficient (Wildman–Crippen LogP) is 0.463. The Balaban J connectivity index is 2.55. The first-order valence-corrected chi connectivity index (χ1v) is 4.68. The minimum atomic E-state index is -0.861. The first-order chi connectivity index (χ1) is 6.43. The number of carbonyl (C=O) groups is 2. The molecule has 1 saturated heterocycles. The van der Waals surface area contributed by atoms with Gasteiger partial charge in [0.15, 0.2) is 0 Å². The van der Waals surface area contributed by atoms with Crippen molar-refractivity contribution >= 4 is 12.0 Å². The van der Waals surface area contributed by atoms with E-state index in [2.05, 4.69) is 0 Å². The lowest BCUT2D eigenvalue weighted by Crippen LogP contribution is -2.35. The molecule has 1 fully saturated rings. The highest BCUT2D eigenvalue weighted by Gasteiger charge is 2.33. The molecule has 1 heterocycles. The second-order valence-corrected chi connectivity index (χ2v) is 3.89. The number of aliphatic carboxylic acids is 1. The van der Waals surface area contributed by atoms with E-state index in [1.54, 1.807) is 23.8 Å². The van der Waals surface area contributed by atoms with Crippen molar-refractivity contribution in [2.24, 2.45) is 5.92 Å². The van der Waals surface area contributed by atoms with E-state index in [1.807, 2.05) is 6.92 Å². The third-order valence-corrected chi connectivity index (χ3v) is 2.63. The molecule has 1 N–H and O–H groups in total. The maximum absolute atomic E-state index is 11.5. The van der Waals surface area contributed by atoms with Gasteiger partial charge in [-0.2, -0.15) is 0 Å². The van der Waals surface area contributed by atoms with Gasteiger partial charge in [0, 0.05) is 26.2 Å². The Kier molecular flexibility index (Phi) is 2.98. The molecule has 2 unspecified atom stereocenters. The molecule has 0 bridgehead atoms. The minimum Gasteiger partial charge on any atom is -0.481 e. The number of nitrogens with zero attached hydrogens (tertiary/aromatic N) is 2. The lowest BCUT2D eigenvalue weighted by atomic mass is 10.2. The van der Waals surface area contributed by atoms with Gasteiger partial charge in [0.05, 0.1) is 5.92 Å². The van der Waals surface area contributed by atoms with Crippen LogP contribution in [0.1, 0.15) is 13.8 Å². The molecule has 5 nitrogen and oxygen atoms in total. The van der Waals surface area contributed by atoms with E-state index in [0.29, 0.717) is 13.1 Å². The molecule has 1 rings (SSSR count). The van der Waals surface area contributed by atoms with E-state index >= 15 is 0 Å². The van der Waals surface area contributed by atoms with E-state index in [0.717, 1.165) is 0 Å². The largest absolute Gasteiger partial charge is 0.481 e. The third kappa shape index (κ3) is 1.97. The average Bonchev–Trinajstić information content (AvgIpc) is 2.33. The molecular weight excluding hydrogens is 184 g/mol. The number of hydrogen-bond acceptors (Lipinski definition) is 2. The lowest BCUT2D eigenvalue weighted by molar-refractivity contribution is -0.141. The number of carboxylic acids is 1. The van der Waals surface area contributed by atoms with Gasteiger partial charge in [0.1, 0.15) is 0 Å². The number of urea groups is 1. The van der Waals surface area contributed by atoms with Crippen LogP contribution < -0.4 is 0 Å². The van der Waals surface area contributed by atoms with Crippen LogP contribution in [0.2, 0.25) is 0 Å². The number of hydrogen-bond donors (Lipinski definition) is 1. The summed E-state index contributed by atoms with van der Waals surface area (Å²) in [6, 6.07) is 0.0918. The SMILES string of the molecule is CC(CN1CC(C)N(C)C1=O)C(=O)O. The Morgan fingerprint density at radius 2 is 2.29 bits per heavy atom. The predicted molar refractivity (Wildman–Crippen MR) is 51.0 cm³/mol. The average molecular weight is 200 g/mol. The van der Waals surface area contributed by atoms with Gasteiger partial charge in [-0.25, -0.2) is 4.79 Å². The number of rotatable bonds is 3. The summed E-state index contributed by atoms with van der Waals surface area (Å²) in [5.41, 5.74) is 0. The summed E-state index contributed by atoms with van der Waals surface area (Å²) in [5.74, 6) is -1.36. The molecule has 1 aliphatic heterocycles. The summed E-state index contributed by atoms with van der Waals surface area (Å²) >= 11 is 0. The molecule has 0 saturated carbocycles. The molecule has 80 valence electrons. The highest BCUT2D eigenvalue weighted by atomic mass is 16.4. The number of carboxylic acid groups (broad SMARTS) is 1. The van der Waals surface area contributed by atoms with Crippen molar-refractivity contribution in [1.82, 2.24) is 9.80 Å². The van der Waals surface area contributed by atoms with Crippen LogP contribution in [0, 0.1) is 5.92 Å². The fraction of sp³-hybridized carbons (Fsp3) is 0.778. The Morgan fingerprint density at radius 1 is 1.71 bits per heavy atom. The van der Waals surface area contributed by atoms with Gasteiger partial charge in [-0.15, -0.1) is 0 Å². The first-order valence-electron chi connectivity index (χ1n) is 4.68. The minimum absolute atomic E-state index is 0.0781. The zero-order valence-corrected chi connectivity index (χ0v) is 8.73. The molecule has 2 amide bonds. The van der Waals surface area contributed by atoms with Crippen molar-refractivity contribution in [1.29, 1.82) is 0 Å².